The molecule has 0 radical (unpaired) electrons. The average Bonchev–Trinajstić information content (AvgIpc) is 3.11. The first kappa shape index (κ1) is 13.0. The standard InChI is InChI=1S/C12H16N6OS/c1-13-12-10(15-16-20-12)8-18-11(19)6-9(7-14-18)17-4-2-3-5-17/h6-7,13H,2-5,8H2,1H3. The largest absolute Gasteiger partial charge is 0.377 e. The zero-order chi connectivity index (χ0) is 13.9. The van der Waals surface area contributed by atoms with Crippen LogP contribution in [-0.4, -0.2) is 39.5 Å². The van der Waals surface area contributed by atoms with Gasteiger partial charge in [-0.1, -0.05) is 4.49 Å². The van der Waals surface area contributed by atoms with E-state index in [9.17, 15) is 4.79 Å². The molecule has 1 aliphatic heterocycles. The van der Waals surface area contributed by atoms with Gasteiger partial charge in [-0.2, -0.15) is 5.10 Å². The minimum atomic E-state index is -0.107. The third kappa shape index (κ3) is 2.51. The van der Waals surface area contributed by atoms with E-state index in [0.717, 1.165) is 29.5 Å². The zero-order valence-electron chi connectivity index (χ0n) is 11.2. The van der Waals surface area contributed by atoms with Crippen LogP contribution in [0, 0.1) is 0 Å². The van der Waals surface area contributed by atoms with Crippen molar-refractivity contribution in [3.63, 3.8) is 0 Å². The van der Waals surface area contributed by atoms with Crippen LogP contribution in [0.15, 0.2) is 17.1 Å². The lowest BCUT2D eigenvalue weighted by molar-refractivity contribution is 0.626. The summed E-state index contributed by atoms with van der Waals surface area (Å²) in [5, 5.41) is 12.1. The molecule has 0 spiro atoms. The normalized spacial score (nSPS) is 14.8. The van der Waals surface area contributed by atoms with Gasteiger partial charge in [0.1, 0.15) is 10.7 Å². The second kappa shape index (κ2) is 5.58. The molecule has 0 aromatic carbocycles. The molecule has 3 rings (SSSR count). The van der Waals surface area contributed by atoms with E-state index < -0.39 is 0 Å². The van der Waals surface area contributed by atoms with Crippen LogP contribution in [-0.2, 0) is 6.54 Å². The molecule has 1 saturated heterocycles. The van der Waals surface area contributed by atoms with E-state index in [2.05, 4.69) is 24.9 Å². The number of anilines is 2. The second-order valence-electron chi connectivity index (χ2n) is 4.70. The summed E-state index contributed by atoms with van der Waals surface area (Å²) in [6.07, 6.45) is 4.11. The van der Waals surface area contributed by atoms with Crippen LogP contribution in [0.3, 0.4) is 0 Å². The maximum Gasteiger partial charge on any atom is 0.269 e. The first-order valence-electron chi connectivity index (χ1n) is 6.59. The van der Waals surface area contributed by atoms with Gasteiger partial charge in [0.2, 0.25) is 0 Å². The summed E-state index contributed by atoms with van der Waals surface area (Å²) >= 11 is 1.27. The van der Waals surface area contributed by atoms with Gasteiger partial charge in [-0.15, -0.1) is 5.10 Å². The zero-order valence-corrected chi connectivity index (χ0v) is 12.1. The Balaban J connectivity index is 1.82. The number of nitrogens with one attached hydrogen (secondary N) is 1. The van der Waals surface area contributed by atoms with Gasteiger partial charge in [0.05, 0.1) is 18.4 Å². The monoisotopic (exact) mass is 292 g/mol. The molecule has 2 aromatic heterocycles. The van der Waals surface area contributed by atoms with Crippen molar-refractivity contribution in [1.82, 2.24) is 19.4 Å². The Morgan fingerprint density at radius 1 is 1.40 bits per heavy atom. The van der Waals surface area contributed by atoms with Crippen LogP contribution < -0.4 is 15.8 Å². The maximum atomic E-state index is 12.1. The fraction of sp³-hybridized carbons (Fsp3) is 0.500. The smallest absolute Gasteiger partial charge is 0.269 e. The molecule has 8 heteroatoms. The van der Waals surface area contributed by atoms with E-state index in [0.29, 0.717) is 6.54 Å². The Kier molecular flexibility index (Phi) is 3.64. The lowest BCUT2D eigenvalue weighted by Gasteiger charge is -2.16. The minimum Gasteiger partial charge on any atom is -0.377 e. The molecular formula is C12H16N6OS. The summed E-state index contributed by atoms with van der Waals surface area (Å²) in [6.45, 7) is 2.35. The minimum absolute atomic E-state index is 0.107. The van der Waals surface area contributed by atoms with Gasteiger partial charge in [0.15, 0.2) is 0 Å². The van der Waals surface area contributed by atoms with Crippen LogP contribution in [0.4, 0.5) is 10.7 Å². The predicted octanol–water partition coefficient (Wildman–Crippen LogP) is 0.785. The molecular weight excluding hydrogens is 276 g/mol. The summed E-state index contributed by atoms with van der Waals surface area (Å²) in [6, 6.07) is 1.65. The molecule has 0 unspecified atom stereocenters. The number of rotatable bonds is 4. The first-order valence-corrected chi connectivity index (χ1v) is 7.36. The number of hydrogen-bond acceptors (Lipinski definition) is 7. The molecule has 0 bridgehead atoms. The Morgan fingerprint density at radius 3 is 2.90 bits per heavy atom. The Bertz CT molecular complexity index is 645. The van der Waals surface area contributed by atoms with Crippen LogP contribution >= 0.6 is 11.5 Å². The number of hydrogen-bond donors (Lipinski definition) is 1. The molecule has 0 amide bonds. The molecule has 1 aliphatic rings. The summed E-state index contributed by atoms with van der Waals surface area (Å²) in [4.78, 5) is 14.3. The molecule has 0 atom stereocenters. The highest BCUT2D eigenvalue weighted by atomic mass is 32.1. The fourth-order valence-electron chi connectivity index (χ4n) is 2.33. The lowest BCUT2D eigenvalue weighted by atomic mass is 10.4. The molecule has 3 heterocycles. The predicted molar refractivity (Wildman–Crippen MR) is 78.5 cm³/mol. The molecule has 7 nitrogen and oxygen atoms in total. The molecule has 1 N–H and O–H groups in total. The van der Waals surface area contributed by atoms with Crippen molar-refractivity contribution in [3.8, 4) is 0 Å². The molecule has 0 saturated carbocycles. The Labute approximate surface area is 120 Å². The quantitative estimate of drug-likeness (QED) is 0.897. The van der Waals surface area contributed by atoms with Gasteiger partial charge in [-0.05, 0) is 12.8 Å². The van der Waals surface area contributed by atoms with E-state index in [-0.39, 0.29) is 5.56 Å². The fourth-order valence-corrected chi connectivity index (χ4v) is 2.86. The molecule has 20 heavy (non-hydrogen) atoms. The van der Waals surface area contributed by atoms with Gasteiger partial charge in [0, 0.05) is 37.7 Å². The SMILES string of the molecule is CNc1snnc1Cn1ncc(N2CCCC2)cc1=O. The van der Waals surface area contributed by atoms with Gasteiger partial charge in [-0.25, -0.2) is 4.68 Å². The summed E-state index contributed by atoms with van der Waals surface area (Å²) in [5.74, 6) is 0. The summed E-state index contributed by atoms with van der Waals surface area (Å²) < 4.78 is 5.29. The highest BCUT2D eigenvalue weighted by molar-refractivity contribution is 7.10. The van der Waals surface area contributed by atoms with Crippen molar-refractivity contribution in [3.05, 3.63) is 28.3 Å². The number of aromatic nitrogens is 4. The van der Waals surface area contributed by atoms with Gasteiger partial charge in [0.25, 0.3) is 5.56 Å². The summed E-state index contributed by atoms with van der Waals surface area (Å²) in [5.41, 5.74) is 1.54. The van der Waals surface area contributed by atoms with Crippen molar-refractivity contribution in [1.29, 1.82) is 0 Å². The molecule has 0 aliphatic carbocycles. The van der Waals surface area contributed by atoms with E-state index >= 15 is 0 Å². The lowest BCUT2D eigenvalue weighted by Crippen LogP contribution is -2.26. The highest BCUT2D eigenvalue weighted by Gasteiger charge is 2.14. The second-order valence-corrected chi connectivity index (χ2v) is 5.46. The first-order chi connectivity index (χ1) is 9.78. The van der Waals surface area contributed by atoms with Crippen LogP contribution in [0.2, 0.25) is 0 Å². The Hall–Kier alpha value is -1.96. The highest BCUT2D eigenvalue weighted by Crippen LogP contribution is 2.18. The molecule has 2 aromatic rings. The Morgan fingerprint density at radius 2 is 2.20 bits per heavy atom. The topological polar surface area (TPSA) is 75.9 Å². The van der Waals surface area contributed by atoms with Gasteiger partial charge in [-0.3, -0.25) is 4.79 Å². The van der Waals surface area contributed by atoms with Crippen LogP contribution in [0.1, 0.15) is 18.5 Å². The van der Waals surface area contributed by atoms with E-state index in [1.165, 1.54) is 29.1 Å². The average molecular weight is 292 g/mol. The number of nitrogens with zero attached hydrogens (tertiary/aromatic N) is 5. The van der Waals surface area contributed by atoms with Crippen molar-refractivity contribution in [2.75, 3.05) is 30.4 Å². The van der Waals surface area contributed by atoms with Gasteiger partial charge >= 0.3 is 0 Å². The van der Waals surface area contributed by atoms with E-state index in [1.54, 1.807) is 12.3 Å². The molecule has 1 fully saturated rings. The maximum absolute atomic E-state index is 12.1. The molecule has 106 valence electrons. The van der Waals surface area contributed by atoms with Crippen molar-refractivity contribution < 1.29 is 0 Å². The van der Waals surface area contributed by atoms with Gasteiger partial charge < -0.3 is 10.2 Å². The van der Waals surface area contributed by atoms with Crippen LogP contribution in [0.25, 0.3) is 0 Å². The van der Waals surface area contributed by atoms with Crippen LogP contribution in [0.5, 0.6) is 0 Å². The third-order valence-electron chi connectivity index (χ3n) is 3.41. The van der Waals surface area contributed by atoms with E-state index in [4.69, 9.17) is 0 Å². The van der Waals surface area contributed by atoms with Crippen molar-refractivity contribution >= 4 is 22.2 Å². The summed E-state index contributed by atoms with van der Waals surface area (Å²) in [7, 11) is 1.81. The third-order valence-corrected chi connectivity index (χ3v) is 4.19. The van der Waals surface area contributed by atoms with E-state index in [1.807, 2.05) is 7.05 Å². The van der Waals surface area contributed by atoms with Crippen molar-refractivity contribution in [2.24, 2.45) is 0 Å². The van der Waals surface area contributed by atoms with Crippen molar-refractivity contribution in [2.45, 2.75) is 19.4 Å².